The lowest BCUT2D eigenvalue weighted by Crippen LogP contribution is -1.80. The molecule has 2 heterocycles. The van der Waals surface area contributed by atoms with Crippen molar-refractivity contribution in [1.29, 1.82) is 0 Å². The molecular weight excluding hydrogens is 240 g/mol. The SMILES string of the molecule is Cc1nc(-c2ccccn2)sc1-c1ccccc1. The summed E-state index contributed by atoms with van der Waals surface area (Å²) in [6.45, 7) is 2.05. The zero-order valence-electron chi connectivity index (χ0n) is 10.00. The second-order valence-electron chi connectivity index (χ2n) is 4.01. The highest BCUT2D eigenvalue weighted by molar-refractivity contribution is 7.18. The van der Waals surface area contributed by atoms with Crippen LogP contribution in [0.3, 0.4) is 0 Å². The fraction of sp³-hybridized carbons (Fsp3) is 0.0667. The molecule has 0 spiro atoms. The predicted octanol–water partition coefficient (Wildman–Crippen LogP) is 4.18. The van der Waals surface area contributed by atoms with Gasteiger partial charge in [0.05, 0.1) is 16.3 Å². The third-order valence-electron chi connectivity index (χ3n) is 2.72. The lowest BCUT2D eigenvalue weighted by molar-refractivity contribution is 1.23. The van der Waals surface area contributed by atoms with E-state index in [4.69, 9.17) is 0 Å². The third kappa shape index (κ3) is 2.05. The second kappa shape index (κ2) is 4.70. The van der Waals surface area contributed by atoms with Crippen molar-refractivity contribution in [1.82, 2.24) is 9.97 Å². The summed E-state index contributed by atoms with van der Waals surface area (Å²) in [4.78, 5) is 10.2. The number of pyridine rings is 1. The summed E-state index contributed by atoms with van der Waals surface area (Å²) in [6, 6.07) is 16.3. The van der Waals surface area contributed by atoms with Crippen LogP contribution in [0.2, 0.25) is 0 Å². The van der Waals surface area contributed by atoms with Gasteiger partial charge in [0.25, 0.3) is 0 Å². The van der Waals surface area contributed by atoms with Gasteiger partial charge in [-0.05, 0) is 24.6 Å². The number of nitrogens with zero attached hydrogens (tertiary/aromatic N) is 2. The first-order chi connectivity index (χ1) is 8.84. The fourth-order valence-electron chi connectivity index (χ4n) is 1.85. The molecule has 0 bridgehead atoms. The number of hydrogen-bond donors (Lipinski definition) is 0. The number of aryl methyl sites for hydroxylation is 1. The van der Waals surface area contributed by atoms with Gasteiger partial charge in [-0.1, -0.05) is 36.4 Å². The van der Waals surface area contributed by atoms with E-state index in [1.807, 2.05) is 31.2 Å². The van der Waals surface area contributed by atoms with E-state index in [2.05, 4.69) is 34.2 Å². The molecule has 0 radical (unpaired) electrons. The van der Waals surface area contributed by atoms with Gasteiger partial charge in [0.1, 0.15) is 5.01 Å². The third-order valence-corrected chi connectivity index (χ3v) is 3.95. The normalized spacial score (nSPS) is 10.5. The van der Waals surface area contributed by atoms with Crippen LogP contribution in [0, 0.1) is 6.92 Å². The van der Waals surface area contributed by atoms with Gasteiger partial charge >= 0.3 is 0 Å². The molecule has 0 unspecified atom stereocenters. The number of thiazole rings is 1. The molecule has 3 aromatic rings. The van der Waals surface area contributed by atoms with Crippen LogP contribution < -0.4 is 0 Å². The van der Waals surface area contributed by atoms with E-state index in [0.717, 1.165) is 16.4 Å². The maximum Gasteiger partial charge on any atom is 0.142 e. The topological polar surface area (TPSA) is 25.8 Å². The smallest absolute Gasteiger partial charge is 0.142 e. The molecular formula is C15H12N2S. The van der Waals surface area contributed by atoms with Crippen LogP contribution in [-0.4, -0.2) is 9.97 Å². The van der Waals surface area contributed by atoms with E-state index in [9.17, 15) is 0 Å². The van der Waals surface area contributed by atoms with Crippen molar-refractivity contribution < 1.29 is 0 Å². The predicted molar refractivity (Wildman–Crippen MR) is 75.5 cm³/mol. The van der Waals surface area contributed by atoms with Gasteiger partial charge in [0.2, 0.25) is 0 Å². The standard InChI is InChI=1S/C15H12N2S/c1-11-14(12-7-3-2-4-8-12)18-15(17-11)13-9-5-6-10-16-13/h2-10H,1H3. The number of aromatic nitrogens is 2. The van der Waals surface area contributed by atoms with Crippen LogP contribution in [-0.2, 0) is 0 Å². The van der Waals surface area contributed by atoms with Crippen molar-refractivity contribution in [2.24, 2.45) is 0 Å². The second-order valence-corrected chi connectivity index (χ2v) is 5.01. The monoisotopic (exact) mass is 252 g/mol. The Kier molecular flexibility index (Phi) is 2.90. The Morgan fingerprint density at radius 2 is 1.72 bits per heavy atom. The van der Waals surface area contributed by atoms with Crippen molar-refractivity contribution in [3.05, 3.63) is 60.4 Å². The highest BCUT2D eigenvalue weighted by Gasteiger charge is 2.11. The molecule has 88 valence electrons. The molecule has 3 heteroatoms. The highest BCUT2D eigenvalue weighted by atomic mass is 32.1. The minimum absolute atomic E-state index is 0.938. The molecule has 0 amide bonds. The summed E-state index contributed by atoms with van der Waals surface area (Å²) < 4.78 is 0. The van der Waals surface area contributed by atoms with Crippen molar-refractivity contribution in [2.45, 2.75) is 6.92 Å². The molecule has 0 saturated heterocycles. The Hall–Kier alpha value is -2.00. The molecule has 18 heavy (non-hydrogen) atoms. The minimum Gasteiger partial charge on any atom is -0.254 e. The molecule has 0 aliphatic heterocycles. The quantitative estimate of drug-likeness (QED) is 0.683. The number of hydrogen-bond acceptors (Lipinski definition) is 3. The molecule has 2 nitrogen and oxygen atoms in total. The average Bonchev–Trinajstić information content (AvgIpc) is 2.83. The van der Waals surface area contributed by atoms with Crippen LogP contribution in [0.25, 0.3) is 21.1 Å². The van der Waals surface area contributed by atoms with Gasteiger partial charge in [0, 0.05) is 6.20 Å². The van der Waals surface area contributed by atoms with E-state index in [1.165, 1.54) is 10.4 Å². The zero-order valence-corrected chi connectivity index (χ0v) is 10.8. The van der Waals surface area contributed by atoms with Crippen LogP contribution in [0.1, 0.15) is 5.69 Å². The molecule has 0 aliphatic rings. The van der Waals surface area contributed by atoms with Crippen molar-refractivity contribution >= 4 is 11.3 Å². The number of rotatable bonds is 2. The van der Waals surface area contributed by atoms with E-state index in [0.29, 0.717) is 0 Å². The zero-order chi connectivity index (χ0) is 12.4. The first kappa shape index (κ1) is 11.1. The summed E-state index contributed by atoms with van der Waals surface area (Å²) >= 11 is 1.69. The maximum atomic E-state index is 4.61. The molecule has 0 fully saturated rings. The van der Waals surface area contributed by atoms with Gasteiger partial charge in [0.15, 0.2) is 0 Å². The van der Waals surface area contributed by atoms with Gasteiger partial charge in [-0.15, -0.1) is 11.3 Å². The molecule has 0 N–H and O–H groups in total. The van der Waals surface area contributed by atoms with Crippen molar-refractivity contribution in [3.8, 4) is 21.1 Å². The Bertz CT molecular complexity index is 645. The largest absolute Gasteiger partial charge is 0.254 e. The molecule has 0 atom stereocenters. The fourth-order valence-corrected chi connectivity index (χ4v) is 2.90. The van der Waals surface area contributed by atoms with E-state index in [-0.39, 0.29) is 0 Å². The summed E-state index contributed by atoms with van der Waals surface area (Å²) in [7, 11) is 0. The van der Waals surface area contributed by atoms with Gasteiger partial charge in [-0.2, -0.15) is 0 Å². The summed E-state index contributed by atoms with van der Waals surface area (Å²) in [5, 5.41) is 0.979. The van der Waals surface area contributed by atoms with Crippen LogP contribution in [0.4, 0.5) is 0 Å². The van der Waals surface area contributed by atoms with Crippen LogP contribution in [0.5, 0.6) is 0 Å². The molecule has 2 aromatic heterocycles. The maximum absolute atomic E-state index is 4.61. The van der Waals surface area contributed by atoms with E-state index < -0.39 is 0 Å². The first-order valence-electron chi connectivity index (χ1n) is 5.79. The van der Waals surface area contributed by atoms with Gasteiger partial charge in [-0.25, -0.2) is 4.98 Å². The average molecular weight is 252 g/mol. The van der Waals surface area contributed by atoms with Crippen LogP contribution >= 0.6 is 11.3 Å². The van der Waals surface area contributed by atoms with Crippen molar-refractivity contribution in [2.75, 3.05) is 0 Å². The van der Waals surface area contributed by atoms with E-state index >= 15 is 0 Å². The Balaban J connectivity index is 2.07. The lowest BCUT2D eigenvalue weighted by Gasteiger charge is -1.96. The van der Waals surface area contributed by atoms with Gasteiger partial charge in [-0.3, -0.25) is 4.98 Å². The Morgan fingerprint density at radius 1 is 0.944 bits per heavy atom. The summed E-state index contributed by atoms with van der Waals surface area (Å²) in [6.07, 6.45) is 1.80. The molecule has 1 aromatic carbocycles. The lowest BCUT2D eigenvalue weighted by atomic mass is 10.2. The number of benzene rings is 1. The summed E-state index contributed by atoms with van der Waals surface area (Å²) in [5.41, 5.74) is 3.22. The van der Waals surface area contributed by atoms with Crippen molar-refractivity contribution in [3.63, 3.8) is 0 Å². The van der Waals surface area contributed by atoms with Gasteiger partial charge < -0.3 is 0 Å². The Labute approximate surface area is 110 Å². The highest BCUT2D eigenvalue weighted by Crippen LogP contribution is 2.33. The minimum atomic E-state index is 0.938. The first-order valence-corrected chi connectivity index (χ1v) is 6.60. The molecule has 0 saturated carbocycles. The van der Waals surface area contributed by atoms with E-state index in [1.54, 1.807) is 17.5 Å². The van der Waals surface area contributed by atoms with Crippen LogP contribution in [0.15, 0.2) is 54.7 Å². The summed E-state index contributed by atoms with van der Waals surface area (Å²) in [5.74, 6) is 0. The molecule has 3 rings (SSSR count). The molecule has 0 aliphatic carbocycles. The Morgan fingerprint density at radius 3 is 2.44 bits per heavy atom.